The van der Waals surface area contributed by atoms with Gasteiger partial charge in [-0.1, -0.05) is 6.42 Å². The number of nitrogens with one attached hydrogen (secondary N) is 3. The predicted octanol–water partition coefficient (Wildman–Crippen LogP) is 3.42. The van der Waals surface area contributed by atoms with Crippen molar-refractivity contribution in [1.29, 1.82) is 0 Å². The van der Waals surface area contributed by atoms with Crippen molar-refractivity contribution in [3.8, 4) is 17.1 Å². The van der Waals surface area contributed by atoms with Crippen molar-refractivity contribution in [2.45, 2.75) is 52.1 Å². The lowest BCUT2D eigenvalue weighted by Gasteiger charge is -2.41. The zero-order valence-corrected chi connectivity index (χ0v) is 21.4. The fraction of sp³-hybridized carbons (Fsp3) is 0.591. The number of piperidine rings is 1. The number of aromatic nitrogens is 3. The minimum absolute atomic E-state index is 0. The lowest BCUT2D eigenvalue weighted by molar-refractivity contribution is 0.0982. The number of nitrogens with zero attached hydrogens (tertiary/aromatic N) is 4. The molecule has 1 aliphatic heterocycles. The van der Waals surface area contributed by atoms with E-state index in [1.807, 2.05) is 24.3 Å². The fourth-order valence-corrected chi connectivity index (χ4v) is 3.64. The summed E-state index contributed by atoms with van der Waals surface area (Å²) >= 11 is 0. The Morgan fingerprint density at radius 2 is 1.87 bits per heavy atom. The molecule has 1 aromatic carbocycles. The molecule has 0 radical (unpaired) electrons. The number of benzene rings is 1. The number of likely N-dealkylation sites (tertiary alicyclic amines) is 1. The standard InChI is InChI=1S/C22H35N7O.HI/c1-5-23-21(25-16-22(2,3)29-13-7-6-8-14-29)24-15-19-26-20(28-27-19)17-9-11-18(30-4)12-10-17;/h9-12H,5-8,13-16H2,1-4H3,(H2,23,24,25)(H,26,27,28);1H. The van der Waals surface area contributed by atoms with Crippen LogP contribution in [0.1, 0.15) is 45.9 Å². The largest absolute Gasteiger partial charge is 0.497 e. The number of methoxy groups -OCH3 is 1. The van der Waals surface area contributed by atoms with Gasteiger partial charge in [0.05, 0.1) is 7.11 Å². The van der Waals surface area contributed by atoms with E-state index in [0.717, 1.165) is 36.2 Å². The number of hydrogen-bond acceptors (Lipinski definition) is 5. The number of aliphatic imine (C=N–C) groups is 1. The predicted molar refractivity (Wildman–Crippen MR) is 136 cm³/mol. The number of halogens is 1. The Labute approximate surface area is 202 Å². The molecule has 1 aromatic heterocycles. The second-order valence-electron chi connectivity index (χ2n) is 8.24. The van der Waals surface area contributed by atoms with Gasteiger partial charge in [-0.25, -0.2) is 9.98 Å². The average molecular weight is 541 g/mol. The van der Waals surface area contributed by atoms with Gasteiger partial charge in [-0.3, -0.25) is 10.00 Å². The Balaban J connectivity index is 0.00000341. The van der Waals surface area contributed by atoms with Crippen molar-refractivity contribution in [2.24, 2.45) is 4.99 Å². The number of ether oxygens (including phenoxy) is 1. The van der Waals surface area contributed by atoms with Crippen LogP contribution in [0.2, 0.25) is 0 Å². The molecule has 0 bridgehead atoms. The molecule has 172 valence electrons. The normalized spacial score (nSPS) is 15.3. The highest BCUT2D eigenvalue weighted by atomic mass is 127. The Bertz CT molecular complexity index is 814. The van der Waals surface area contributed by atoms with Crippen molar-refractivity contribution >= 4 is 29.9 Å². The number of rotatable bonds is 8. The first-order valence-electron chi connectivity index (χ1n) is 10.8. The number of H-pyrrole nitrogens is 1. The van der Waals surface area contributed by atoms with Crippen LogP contribution in [0, 0.1) is 0 Å². The molecule has 0 saturated carbocycles. The molecule has 0 unspecified atom stereocenters. The Morgan fingerprint density at radius 3 is 2.52 bits per heavy atom. The third kappa shape index (κ3) is 7.34. The van der Waals surface area contributed by atoms with Gasteiger partial charge in [-0.05, 0) is 71.0 Å². The van der Waals surface area contributed by atoms with Crippen LogP contribution in [-0.2, 0) is 6.54 Å². The van der Waals surface area contributed by atoms with E-state index in [1.54, 1.807) is 7.11 Å². The molecule has 9 heteroatoms. The smallest absolute Gasteiger partial charge is 0.191 e. The van der Waals surface area contributed by atoms with E-state index in [4.69, 9.17) is 4.74 Å². The van der Waals surface area contributed by atoms with Crippen LogP contribution in [-0.4, -0.2) is 64.9 Å². The number of guanidine groups is 1. The van der Waals surface area contributed by atoms with Crippen LogP contribution in [0.4, 0.5) is 0 Å². The number of hydrogen-bond donors (Lipinski definition) is 3. The lowest BCUT2D eigenvalue weighted by Crippen LogP contribution is -2.54. The summed E-state index contributed by atoms with van der Waals surface area (Å²) in [7, 11) is 1.65. The van der Waals surface area contributed by atoms with Crippen molar-refractivity contribution in [3.63, 3.8) is 0 Å². The molecule has 2 heterocycles. The van der Waals surface area contributed by atoms with Crippen molar-refractivity contribution in [1.82, 2.24) is 30.7 Å². The summed E-state index contributed by atoms with van der Waals surface area (Å²) in [4.78, 5) is 11.8. The molecule has 3 N–H and O–H groups in total. The van der Waals surface area contributed by atoms with Crippen LogP contribution in [0.15, 0.2) is 29.3 Å². The van der Waals surface area contributed by atoms with Gasteiger partial charge >= 0.3 is 0 Å². The molecule has 8 nitrogen and oxygen atoms in total. The van der Waals surface area contributed by atoms with E-state index < -0.39 is 0 Å². The summed E-state index contributed by atoms with van der Waals surface area (Å²) in [5, 5.41) is 14.1. The quantitative estimate of drug-likeness (QED) is 0.270. The molecule has 31 heavy (non-hydrogen) atoms. The first-order chi connectivity index (χ1) is 14.5. The van der Waals surface area contributed by atoms with Crippen LogP contribution in [0.3, 0.4) is 0 Å². The van der Waals surface area contributed by atoms with Crippen molar-refractivity contribution in [2.75, 3.05) is 33.3 Å². The molecule has 3 rings (SSSR count). The molecule has 0 atom stereocenters. The maximum absolute atomic E-state index is 5.20. The molecule has 2 aromatic rings. The molecular weight excluding hydrogens is 505 g/mol. The Morgan fingerprint density at radius 1 is 1.16 bits per heavy atom. The topological polar surface area (TPSA) is 90.5 Å². The summed E-state index contributed by atoms with van der Waals surface area (Å²) in [6, 6.07) is 7.70. The minimum atomic E-state index is 0. The maximum atomic E-state index is 5.20. The summed E-state index contributed by atoms with van der Waals surface area (Å²) in [6.45, 7) is 11.1. The Hall–Kier alpha value is -1.88. The highest BCUT2D eigenvalue weighted by molar-refractivity contribution is 14.0. The molecule has 0 aliphatic carbocycles. The van der Waals surface area contributed by atoms with Gasteiger partial charge in [-0.15, -0.1) is 24.0 Å². The zero-order chi connectivity index (χ0) is 21.4. The van der Waals surface area contributed by atoms with Crippen molar-refractivity contribution < 1.29 is 4.74 Å². The van der Waals surface area contributed by atoms with Gasteiger partial charge < -0.3 is 15.4 Å². The van der Waals surface area contributed by atoms with Crippen LogP contribution in [0.5, 0.6) is 5.75 Å². The van der Waals surface area contributed by atoms with Gasteiger partial charge in [0.15, 0.2) is 11.8 Å². The number of aromatic amines is 1. The summed E-state index contributed by atoms with van der Waals surface area (Å²) in [6.07, 6.45) is 3.93. The first kappa shape index (κ1) is 25.4. The lowest BCUT2D eigenvalue weighted by atomic mass is 9.98. The third-order valence-electron chi connectivity index (χ3n) is 5.51. The van der Waals surface area contributed by atoms with Crippen LogP contribution >= 0.6 is 24.0 Å². The van der Waals surface area contributed by atoms with E-state index >= 15 is 0 Å². The second kappa shape index (κ2) is 12.2. The monoisotopic (exact) mass is 541 g/mol. The molecule has 0 amide bonds. The molecule has 1 aliphatic rings. The first-order valence-corrected chi connectivity index (χ1v) is 10.8. The molecule has 1 saturated heterocycles. The summed E-state index contributed by atoms with van der Waals surface area (Å²) in [5.74, 6) is 3.00. The molecule has 1 fully saturated rings. The molecular formula is C22H36IN7O. The maximum Gasteiger partial charge on any atom is 0.191 e. The zero-order valence-electron chi connectivity index (χ0n) is 19.1. The second-order valence-corrected chi connectivity index (χ2v) is 8.24. The van der Waals surface area contributed by atoms with Crippen molar-refractivity contribution in [3.05, 3.63) is 30.1 Å². The van der Waals surface area contributed by atoms with Crippen LogP contribution < -0.4 is 15.4 Å². The van der Waals surface area contributed by atoms with Gasteiger partial charge in [0, 0.05) is 24.2 Å². The third-order valence-corrected chi connectivity index (χ3v) is 5.51. The van der Waals surface area contributed by atoms with E-state index in [1.165, 1.54) is 32.4 Å². The SMILES string of the molecule is CCNC(=NCc1nc(-c2ccc(OC)cc2)n[nH]1)NCC(C)(C)N1CCCCC1.I. The summed E-state index contributed by atoms with van der Waals surface area (Å²) < 4.78 is 5.20. The van der Waals surface area contributed by atoms with E-state index in [2.05, 4.69) is 56.5 Å². The van der Waals surface area contributed by atoms with Gasteiger partial charge in [0.1, 0.15) is 18.1 Å². The highest BCUT2D eigenvalue weighted by Crippen LogP contribution is 2.20. The fourth-order valence-electron chi connectivity index (χ4n) is 3.64. The van der Waals surface area contributed by atoms with Gasteiger partial charge in [0.25, 0.3) is 0 Å². The van der Waals surface area contributed by atoms with E-state index in [-0.39, 0.29) is 29.5 Å². The highest BCUT2D eigenvalue weighted by Gasteiger charge is 2.27. The van der Waals surface area contributed by atoms with Gasteiger partial charge in [-0.2, -0.15) is 5.10 Å². The van der Waals surface area contributed by atoms with Crippen LogP contribution in [0.25, 0.3) is 11.4 Å². The van der Waals surface area contributed by atoms with E-state index in [9.17, 15) is 0 Å². The average Bonchev–Trinajstić information content (AvgIpc) is 3.25. The van der Waals surface area contributed by atoms with Gasteiger partial charge in [0.2, 0.25) is 0 Å². The van der Waals surface area contributed by atoms with E-state index in [0.29, 0.717) is 12.4 Å². The Kier molecular flexibility index (Phi) is 10.0. The summed E-state index contributed by atoms with van der Waals surface area (Å²) in [5.41, 5.74) is 1.03. The molecule has 0 spiro atoms. The minimum Gasteiger partial charge on any atom is -0.497 e.